The molecule has 2 N–H and O–H groups in total. The van der Waals surface area contributed by atoms with E-state index in [2.05, 4.69) is 0 Å². The van der Waals surface area contributed by atoms with Gasteiger partial charge < -0.3 is 10.2 Å². The molecule has 26 heavy (non-hydrogen) atoms. The Hall–Kier alpha value is -3.66. The predicted octanol–water partition coefficient (Wildman–Crippen LogP) is 4.11. The zero-order valence-electron chi connectivity index (χ0n) is 13.5. The monoisotopic (exact) mass is 340 g/mol. The molecular weight excluding hydrogens is 328 g/mol. The van der Waals surface area contributed by atoms with Crippen molar-refractivity contribution in [3.63, 3.8) is 0 Å². The molecule has 0 atom stereocenters. The summed E-state index contributed by atoms with van der Waals surface area (Å²) in [5.41, 5.74) is 2.90. The van der Waals surface area contributed by atoms with Crippen LogP contribution in [-0.4, -0.2) is 21.8 Å². The summed E-state index contributed by atoms with van der Waals surface area (Å²) in [4.78, 5) is 25.9. The van der Waals surface area contributed by atoms with Crippen LogP contribution in [0.3, 0.4) is 0 Å². The molecule has 4 nitrogen and oxygen atoms in total. The van der Waals surface area contributed by atoms with Crippen molar-refractivity contribution in [2.24, 2.45) is 0 Å². The van der Waals surface area contributed by atoms with Gasteiger partial charge in [0, 0.05) is 22.3 Å². The van der Waals surface area contributed by atoms with Crippen LogP contribution < -0.4 is 0 Å². The molecule has 0 heterocycles. The highest BCUT2D eigenvalue weighted by Crippen LogP contribution is 2.38. The number of Topliss-reactive ketones (excluding diaryl/α,β-unsaturated/α-hetero) is 2. The number of carbonyl (C=O) groups excluding carboxylic acids is 2. The van der Waals surface area contributed by atoms with Crippen LogP contribution in [0.15, 0.2) is 59.7 Å². The van der Waals surface area contributed by atoms with Crippen molar-refractivity contribution >= 4 is 34.5 Å². The van der Waals surface area contributed by atoms with Gasteiger partial charge in [0.15, 0.2) is 11.6 Å². The third kappa shape index (κ3) is 1.96. The average molecular weight is 340 g/mol. The molecule has 0 fully saturated rings. The Kier molecular flexibility index (Phi) is 2.78. The molecule has 0 spiro atoms. The third-order valence-corrected chi connectivity index (χ3v) is 4.90. The molecule has 3 aromatic rings. The van der Waals surface area contributed by atoms with Crippen molar-refractivity contribution < 1.29 is 19.8 Å². The van der Waals surface area contributed by atoms with E-state index in [1.54, 1.807) is 42.5 Å². The number of allylic oxidation sites excluding steroid dienone is 2. The van der Waals surface area contributed by atoms with E-state index in [1.165, 1.54) is 12.1 Å². The molecule has 0 unspecified atom stereocenters. The van der Waals surface area contributed by atoms with E-state index in [0.717, 1.165) is 10.8 Å². The number of benzene rings is 3. The standard InChI is InChI=1S/C22H12O4/c23-15-2-1-11-8-18-13(5-12(11)6-15)9-19-20(22(18)26)10-14-7-16(24)3-4-17(14)21(19)25/h1-10,23-24H. The predicted molar refractivity (Wildman–Crippen MR) is 98.3 cm³/mol. The Morgan fingerprint density at radius 2 is 1.19 bits per heavy atom. The van der Waals surface area contributed by atoms with E-state index in [0.29, 0.717) is 33.4 Å². The molecule has 0 saturated heterocycles. The fourth-order valence-corrected chi connectivity index (χ4v) is 3.63. The second kappa shape index (κ2) is 4.92. The van der Waals surface area contributed by atoms with Gasteiger partial charge in [0.1, 0.15) is 11.5 Å². The minimum Gasteiger partial charge on any atom is -0.508 e. The smallest absolute Gasteiger partial charge is 0.194 e. The van der Waals surface area contributed by atoms with Crippen LogP contribution in [0.2, 0.25) is 0 Å². The Morgan fingerprint density at radius 3 is 1.96 bits per heavy atom. The normalized spacial score (nSPS) is 15.1. The molecule has 0 aromatic heterocycles. The van der Waals surface area contributed by atoms with Gasteiger partial charge in [-0.1, -0.05) is 6.07 Å². The topological polar surface area (TPSA) is 74.6 Å². The summed E-state index contributed by atoms with van der Waals surface area (Å²) >= 11 is 0. The van der Waals surface area contributed by atoms with Gasteiger partial charge >= 0.3 is 0 Å². The number of carbonyl (C=O) groups is 2. The first-order valence-corrected chi connectivity index (χ1v) is 8.14. The van der Waals surface area contributed by atoms with E-state index in [4.69, 9.17) is 0 Å². The zero-order chi connectivity index (χ0) is 18.0. The van der Waals surface area contributed by atoms with Crippen molar-refractivity contribution in [3.05, 3.63) is 81.9 Å². The molecule has 0 aliphatic heterocycles. The van der Waals surface area contributed by atoms with Gasteiger partial charge in [-0.15, -0.1) is 0 Å². The molecule has 2 aliphatic rings. The summed E-state index contributed by atoms with van der Waals surface area (Å²) in [6.45, 7) is 0. The number of hydrogen-bond acceptors (Lipinski definition) is 4. The van der Waals surface area contributed by atoms with E-state index in [9.17, 15) is 19.8 Å². The van der Waals surface area contributed by atoms with Crippen molar-refractivity contribution in [2.75, 3.05) is 0 Å². The molecule has 0 amide bonds. The van der Waals surface area contributed by atoms with E-state index < -0.39 is 0 Å². The van der Waals surface area contributed by atoms with Crippen molar-refractivity contribution in [2.45, 2.75) is 0 Å². The maximum absolute atomic E-state index is 13.0. The number of phenols is 2. The lowest BCUT2D eigenvalue weighted by atomic mass is 9.78. The summed E-state index contributed by atoms with van der Waals surface area (Å²) in [5.74, 6) is -0.243. The minimum atomic E-state index is -0.229. The van der Waals surface area contributed by atoms with E-state index in [1.807, 2.05) is 6.07 Å². The number of hydrogen-bond donors (Lipinski definition) is 2. The van der Waals surface area contributed by atoms with Crippen LogP contribution in [0.25, 0.3) is 22.9 Å². The highest BCUT2D eigenvalue weighted by Gasteiger charge is 2.32. The first kappa shape index (κ1) is 14.7. The number of rotatable bonds is 0. The fourth-order valence-electron chi connectivity index (χ4n) is 3.63. The Morgan fingerprint density at radius 1 is 0.577 bits per heavy atom. The van der Waals surface area contributed by atoms with Gasteiger partial charge in [-0.05, 0) is 76.5 Å². The molecule has 0 saturated carbocycles. The van der Waals surface area contributed by atoms with Crippen molar-refractivity contribution in [3.8, 4) is 11.5 Å². The fraction of sp³-hybridized carbons (Fsp3) is 0. The van der Waals surface area contributed by atoms with E-state index in [-0.39, 0.29) is 23.1 Å². The van der Waals surface area contributed by atoms with Crippen LogP contribution in [0.1, 0.15) is 31.8 Å². The van der Waals surface area contributed by atoms with Crippen LogP contribution in [-0.2, 0) is 0 Å². The molecular formula is C22H12O4. The lowest BCUT2D eigenvalue weighted by Crippen LogP contribution is -2.21. The van der Waals surface area contributed by atoms with Gasteiger partial charge in [-0.3, -0.25) is 9.59 Å². The lowest BCUT2D eigenvalue weighted by Gasteiger charge is -2.23. The summed E-state index contributed by atoms with van der Waals surface area (Å²) < 4.78 is 0. The maximum atomic E-state index is 13.0. The molecule has 4 heteroatoms. The van der Waals surface area contributed by atoms with Crippen LogP contribution in [0, 0.1) is 0 Å². The number of phenolic OH excluding ortho intramolecular Hbond substituents is 2. The average Bonchev–Trinajstić information content (AvgIpc) is 2.61. The van der Waals surface area contributed by atoms with Gasteiger partial charge in [-0.25, -0.2) is 0 Å². The molecule has 0 radical (unpaired) electrons. The largest absolute Gasteiger partial charge is 0.508 e. The molecule has 124 valence electrons. The van der Waals surface area contributed by atoms with Gasteiger partial charge in [0.05, 0.1) is 0 Å². The third-order valence-electron chi connectivity index (χ3n) is 4.90. The Labute approximate surface area is 148 Å². The minimum absolute atomic E-state index is 0.0512. The number of ketones is 2. The van der Waals surface area contributed by atoms with Crippen LogP contribution in [0.5, 0.6) is 11.5 Å². The zero-order valence-corrected chi connectivity index (χ0v) is 13.5. The van der Waals surface area contributed by atoms with Crippen LogP contribution >= 0.6 is 0 Å². The lowest BCUT2D eigenvalue weighted by molar-refractivity contribution is 0.0995. The molecule has 0 bridgehead atoms. The summed E-state index contributed by atoms with van der Waals surface area (Å²) in [5, 5.41) is 21.0. The summed E-state index contributed by atoms with van der Waals surface area (Å²) in [6.07, 6.45) is 3.39. The second-order valence-corrected chi connectivity index (χ2v) is 6.52. The number of aromatic hydroxyl groups is 2. The Bertz CT molecular complexity index is 1230. The van der Waals surface area contributed by atoms with Crippen molar-refractivity contribution in [1.29, 1.82) is 0 Å². The summed E-state index contributed by atoms with van der Waals surface area (Å²) in [6, 6.07) is 13.1. The number of fused-ring (bicyclic) bond motifs is 4. The first-order valence-electron chi connectivity index (χ1n) is 8.14. The van der Waals surface area contributed by atoms with E-state index >= 15 is 0 Å². The SMILES string of the molecule is O=C1C2=Cc3cc4cc(O)ccc4cc3C(=O)C2=Cc2cc(O)ccc21. The van der Waals surface area contributed by atoms with Gasteiger partial charge in [-0.2, -0.15) is 0 Å². The highest BCUT2D eigenvalue weighted by atomic mass is 16.3. The quantitative estimate of drug-likeness (QED) is 0.646. The molecule has 5 rings (SSSR count). The second-order valence-electron chi connectivity index (χ2n) is 6.52. The van der Waals surface area contributed by atoms with Crippen molar-refractivity contribution in [1.82, 2.24) is 0 Å². The van der Waals surface area contributed by atoms with Gasteiger partial charge in [0.2, 0.25) is 0 Å². The van der Waals surface area contributed by atoms with Gasteiger partial charge in [0.25, 0.3) is 0 Å². The summed E-state index contributed by atoms with van der Waals surface area (Å²) in [7, 11) is 0. The first-order chi connectivity index (χ1) is 12.5. The Balaban J connectivity index is 1.78. The highest BCUT2D eigenvalue weighted by molar-refractivity contribution is 6.32. The molecule has 2 aliphatic carbocycles. The van der Waals surface area contributed by atoms with Crippen LogP contribution in [0.4, 0.5) is 0 Å². The maximum Gasteiger partial charge on any atom is 0.194 e. The molecule has 3 aromatic carbocycles.